The molecule has 4 nitrogen and oxygen atoms in total. The van der Waals surface area contributed by atoms with Crippen molar-refractivity contribution in [3.05, 3.63) is 252 Å². The first kappa shape index (κ1) is 43.1. The lowest BCUT2D eigenvalue weighted by molar-refractivity contribution is 0.541. The number of fused-ring (bicyclic) bond motifs is 6. The largest absolute Gasteiger partial charge is 0.309 e. The van der Waals surface area contributed by atoms with E-state index in [0.29, 0.717) is 17.6 Å². The van der Waals surface area contributed by atoms with Gasteiger partial charge in [-0.25, -0.2) is 15.0 Å². The zero-order chi connectivity index (χ0) is 47.1. The van der Waals surface area contributed by atoms with Crippen molar-refractivity contribution < 1.29 is 0 Å². The number of hydrogen-bond donors (Lipinski definition) is 0. The molecular weight excluding hydrogens is 849 g/mol. The first-order chi connectivity index (χ1) is 34.5. The molecule has 2 heterocycles. The third kappa shape index (κ3) is 7.80. The number of hydrogen-bond acceptors (Lipinski definition) is 3. The molecule has 70 heavy (non-hydrogen) atoms. The van der Waals surface area contributed by atoms with Crippen molar-refractivity contribution in [1.82, 2.24) is 19.5 Å². The topological polar surface area (TPSA) is 43.6 Å². The molecule has 1 aliphatic rings. The monoisotopic (exact) mass is 902 g/mol. The highest BCUT2D eigenvalue weighted by atomic mass is 15.0. The fraction of sp³-hybridized carbons (Fsp3) is 0.136. The third-order valence-corrected chi connectivity index (χ3v) is 15.0. The summed E-state index contributed by atoms with van der Waals surface area (Å²) in [7, 11) is 0. The second-order valence-electron chi connectivity index (χ2n) is 19.0. The molecule has 11 aromatic rings. The molecule has 4 heteroatoms. The van der Waals surface area contributed by atoms with Crippen molar-refractivity contribution in [2.24, 2.45) is 0 Å². The molecule has 0 N–H and O–H groups in total. The first-order valence-electron chi connectivity index (χ1n) is 24.9. The Morgan fingerprint density at radius 3 is 1.94 bits per heavy atom. The molecule has 0 amide bonds. The second-order valence-corrected chi connectivity index (χ2v) is 19.0. The standard InChI is InChI=1S/C66H54N4/c1-4-45(46-20-7-5-8-21-46)40-50-24-11-13-28-55(50)54-38-39-62-63(43(54)2)59-32-17-18-33-61(59)70(62)53-27-19-26-52(41-53)66-68-64(67-65(69-66)49-36-34-48(35-37-49)47-22-9-6-10-23-47)44(3)60-42-51-25-12-14-29-56(51)57-30-15-16-31-58(57)60/h5-39,41,44-45,60H,4,40,42H2,1-3H3. The van der Waals surface area contributed by atoms with Crippen molar-refractivity contribution in [3.63, 3.8) is 0 Å². The lowest BCUT2D eigenvalue weighted by Gasteiger charge is -2.31. The van der Waals surface area contributed by atoms with Crippen molar-refractivity contribution in [1.29, 1.82) is 0 Å². The molecule has 3 atom stereocenters. The van der Waals surface area contributed by atoms with Crippen molar-refractivity contribution in [3.8, 4) is 61.8 Å². The van der Waals surface area contributed by atoms with E-state index >= 15 is 0 Å². The molecule has 338 valence electrons. The van der Waals surface area contributed by atoms with Crippen molar-refractivity contribution >= 4 is 21.8 Å². The minimum atomic E-state index is 0.00705. The van der Waals surface area contributed by atoms with Gasteiger partial charge in [0.15, 0.2) is 11.6 Å². The first-order valence-corrected chi connectivity index (χ1v) is 24.9. The van der Waals surface area contributed by atoms with Crippen molar-refractivity contribution in [2.75, 3.05) is 0 Å². The van der Waals surface area contributed by atoms with Gasteiger partial charge in [-0.3, -0.25) is 0 Å². The quantitative estimate of drug-likeness (QED) is 0.130. The predicted molar refractivity (Wildman–Crippen MR) is 291 cm³/mol. The number of para-hydroxylation sites is 1. The Labute approximate surface area is 411 Å². The molecule has 0 fully saturated rings. The fourth-order valence-corrected chi connectivity index (χ4v) is 11.3. The molecule has 12 rings (SSSR count). The van der Waals surface area contributed by atoms with Gasteiger partial charge < -0.3 is 4.57 Å². The van der Waals surface area contributed by atoms with Crippen LogP contribution in [0.15, 0.2) is 218 Å². The summed E-state index contributed by atoms with van der Waals surface area (Å²) in [6.45, 7) is 6.91. The smallest absolute Gasteiger partial charge is 0.163 e. The summed E-state index contributed by atoms with van der Waals surface area (Å²) in [5.74, 6) is 2.79. The molecular formula is C66H54N4. The summed E-state index contributed by atoms with van der Waals surface area (Å²) in [6.07, 6.45) is 2.99. The van der Waals surface area contributed by atoms with Crippen molar-refractivity contribution in [2.45, 2.75) is 57.8 Å². The molecule has 0 aliphatic heterocycles. The van der Waals surface area contributed by atoms with Crippen LogP contribution in [0.2, 0.25) is 0 Å². The van der Waals surface area contributed by atoms with Gasteiger partial charge >= 0.3 is 0 Å². The maximum absolute atomic E-state index is 5.43. The van der Waals surface area contributed by atoms with Crippen LogP contribution in [0, 0.1) is 6.92 Å². The van der Waals surface area contributed by atoms with E-state index in [0.717, 1.165) is 47.5 Å². The Balaban J connectivity index is 0.967. The van der Waals surface area contributed by atoms with Crippen LogP contribution in [0.3, 0.4) is 0 Å². The van der Waals surface area contributed by atoms with Gasteiger partial charge in [0.05, 0.1) is 11.0 Å². The van der Waals surface area contributed by atoms with Crippen LogP contribution in [-0.2, 0) is 12.8 Å². The Bertz CT molecular complexity index is 3680. The van der Waals surface area contributed by atoms with Crippen LogP contribution in [0.25, 0.3) is 83.6 Å². The predicted octanol–water partition coefficient (Wildman–Crippen LogP) is 16.8. The molecule has 0 saturated heterocycles. The highest BCUT2D eigenvalue weighted by Crippen LogP contribution is 2.46. The summed E-state index contributed by atoms with van der Waals surface area (Å²) >= 11 is 0. The summed E-state index contributed by atoms with van der Waals surface area (Å²) < 4.78 is 2.42. The third-order valence-electron chi connectivity index (χ3n) is 15.0. The summed E-state index contributed by atoms with van der Waals surface area (Å²) in [4.78, 5) is 16.1. The van der Waals surface area contributed by atoms with Crippen LogP contribution in [0.1, 0.15) is 71.7 Å². The zero-order valence-corrected chi connectivity index (χ0v) is 39.9. The molecule has 9 aromatic carbocycles. The normalized spacial score (nSPS) is 14.0. The highest BCUT2D eigenvalue weighted by Gasteiger charge is 2.31. The molecule has 1 aliphatic carbocycles. The van der Waals surface area contributed by atoms with Gasteiger partial charge in [0, 0.05) is 33.5 Å². The van der Waals surface area contributed by atoms with E-state index in [1.54, 1.807) is 0 Å². The fourth-order valence-electron chi connectivity index (χ4n) is 11.3. The van der Waals surface area contributed by atoms with E-state index < -0.39 is 0 Å². The Hall–Kier alpha value is -8.21. The van der Waals surface area contributed by atoms with Gasteiger partial charge in [-0.1, -0.05) is 208 Å². The van der Waals surface area contributed by atoms with E-state index in [-0.39, 0.29) is 11.8 Å². The Morgan fingerprint density at radius 2 is 1.14 bits per heavy atom. The lowest BCUT2D eigenvalue weighted by Crippen LogP contribution is -2.19. The minimum absolute atomic E-state index is 0.00705. The molecule has 0 radical (unpaired) electrons. The molecule has 0 spiro atoms. The average molecular weight is 903 g/mol. The zero-order valence-electron chi connectivity index (χ0n) is 39.9. The van der Waals surface area contributed by atoms with Gasteiger partial charge in [-0.15, -0.1) is 0 Å². The van der Waals surface area contributed by atoms with Gasteiger partial charge in [0.25, 0.3) is 0 Å². The van der Waals surface area contributed by atoms with Crippen LogP contribution in [0.5, 0.6) is 0 Å². The van der Waals surface area contributed by atoms with E-state index in [2.05, 4.69) is 244 Å². The Kier molecular flexibility index (Phi) is 11.3. The van der Waals surface area contributed by atoms with Gasteiger partial charge in [-0.2, -0.15) is 0 Å². The molecule has 2 aromatic heterocycles. The maximum atomic E-state index is 5.43. The number of aromatic nitrogens is 4. The van der Waals surface area contributed by atoms with E-state index in [9.17, 15) is 0 Å². The Morgan fingerprint density at radius 1 is 0.514 bits per heavy atom. The number of rotatable bonds is 11. The van der Waals surface area contributed by atoms with E-state index in [1.807, 2.05) is 0 Å². The van der Waals surface area contributed by atoms with Crippen LogP contribution in [-0.4, -0.2) is 19.5 Å². The molecule has 0 saturated carbocycles. The van der Waals surface area contributed by atoms with Crippen LogP contribution >= 0.6 is 0 Å². The second kappa shape index (κ2) is 18.4. The molecule has 0 bridgehead atoms. The average Bonchev–Trinajstić information content (AvgIpc) is 3.78. The van der Waals surface area contributed by atoms with Gasteiger partial charge in [0.2, 0.25) is 0 Å². The van der Waals surface area contributed by atoms with Crippen LogP contribution in [0.4, 0.5) is 0 Å². The summed E-state index contributed by atoms with van der Waals surface area (Å²) in [6, 6.07) is 79.2. The van der Waals surface area contributed by atoms with Gasteiger partial charge in [0.1, 0.15) is 5.82 Å². The highest BCUT2D eigenvalue weighted by molar-refractivity contribution is 6.12. The SMILES string of the molecule is CCC(Cc1ccccc1-c1ccc2c(c1C)c1ccccc1n2-c1cccc(-c2nc(-c3ccc(-c4ccccc4)cc3)nc(C(C)C3Cc4ccccc4-c4ccccc43)n2)c1)c1ccccc1. The molecule has 3 unspecified atom stereocenters. The minimum Gasteiger partial charge on any atom is -0.309 e. The summed E-state index contributed by atoms with van der Waals surface area (Å²) in [5.41, 5.74) is 19.6. The van der Waals surface area contributed by atoms with E-state index in [4.69, 9.17) is 15.0 Å². The number of benzene rings is 9. The maximum Gasteiger partial charge on any atom is 0.163 e. The van der Waals surface area contributed by atoms with Crippen LogP contribution < -0.4 is 0 Å². The number of aryl methyl sites for hydroxylation is 1. The lowest BCUT2D eigenvalue weighted by atomic mass is 9.73. The summed E-state index contributed by atoms with van der Waals surface area (Å²) in [5, 5.41) is 2.51. The van der Waals surface area contributed by atoms with E-state index in [1.165, 1.54) is 77.4 Å². The number of nitrogens with zero attached hydrogens (tertiary/aromatic N) is 4. The van der Waals surface area contributed by atoms with Gasteiger partial charge in [-0.05, 0) is 123 Å².